The summed E-state index contributed by atoms with van der Waals surface area (Å²) < 4.78 is 0. The van der Waals surface area contributed by atoms with E-state index in [1.54, 1.807) is 0 Å². The molecule has 2 atom stereocenters. The van der Waals surface area contributed by atoms with Gasteiger partial charge in [0.1, 0.15) is 0 Å². The van der Waals surface area contributed by atoms with Crippen LogP contribution >= 0.6 is 0 Å². The quantitative estimate of drug-likeness (QED) is 0.678. The summed E-state index contributed by atoms with van der Waals surface area (Å²) in [5.41, 5.74) is 0. The Balaban J connectivity index is 3.93. The van der Waals surface area contributed by atoms with Gasteiger partial charge in [-0.2, -0.15) is 0 Å². The van der Waals surface area contributed by atoms with Crippen LogP contribution in [0.25, 0.3) is 0 Å². The number of aliphatic hydroxyl groups excluding tert-OH is 1. The molecule has 0 bridgehead atoms. The van der Waals surface area contributed by atoms with Crippen LogP contribution in [0.3, 0.4) is 0 Å². The van der Waals surface area contributed by atoms with Gasteiger partial charge in [-0.15, -0.1) is 0 Å². The molecule has 0 heterocycles. The molecule has 4 nitrogen and oxygen atoms in total. The number of carbonyl (C=O) groups is 1. The highest BCUT2D eigenvalue weighted by atomic mass is 16.3. The van der Waals surface area contributed by atoms with Gasteiger partial charge in [0.05, 0.1) is 13.2 Å². The SMILES string of the molecule is CC(C)C(C)NC(=O)CN(C)C(C)CO. The molecule has 0 rings (SSSR count). The fraction of sp³-hybridized carbons (Fsp3) is 0.909. The number of nitrogens with zero attached hydrogens (tertiary/aromatic N) is 1. The maximum atomic E-state index is 11.6. The molecule has 0 saturated carbocycles. The molecule has 0 aromatic carbocycles. The zero-order valence-corrected chi connectivity index (χ0v) is 10.4. The number of hydrogen-bond donors (Lipinski definition) is 2. The Morgan fingerprint density at radius 3 is 2.27 bits per heavy atom. The lowest BCUT2D eigenvalue weighted by Gasteiger charge is -2.24. The van der Waals surface area contributed by atoms with Crippen LogP contribution in [0.15, 0.2) is 0 Å². The van der Waals surface area contributed by atoms with Crippen molar-refractivity contribution in [1.29, 1.82) is 0 Å². The molecule has 0 aliphatic heterocycles. The fourth-order valence-corrected chi connectivity index (χ4v) is 0.988. The Morgan fingerprint density at radius 1 is 1.33 bits per heavy atom. The van der Waals surface area contributed by atoms with E-state index in [9.17, 15) is 4.79 Å². The minimum atomic E-state index is 0.0130. The number of amides is 1. The minimum absolute atomic E-state index is 0.0130. The molecule has 0 aliphatic rings. The highest BCUT2D eigenvalue weighted by Gasteiger charge is 2.15. The lowest BCUT2D eigenvalue weighted by Crippen LogP contribution is -2.44. The predicted octanol–water partition coefficient (Wildman–Crippen LogP) is 0.460. The van der Waals surface area contributed by atoms with Crippen molar-refractivity contribution in [3.63, 3.8) is 0 Å². The molecule has 15 heavy (non-hydrogen) atoms. The Labute approximate surface area is 92.7 Å². The van der Waals surface area contributed by atoms with Gasteiger partial charge in [-0.25, -0.2) is 0 Å². The average molecular weight is 216 g/mol. The van der Waals surface area contributed by atoms with Gasteiger partial charge in [-0.1, -0.05) is 13.8 Å². The molecule has 0 aliphatic carbocycles. The van der Waals surface area contributed by atoms with Gasteiger partial charge in [-0.05, 0) is 26.8 Å². The first-order chi connectivity index (χ1) is 6.88. The highest BCUT2D eigenvalue weighted by Crippen LogP contribution is 2.00. The van der Waals surface area contributed by atoms with Gasteiger partial charge in [0.2, 0.25) is 5.91 Å². The standard InChI is InChI=1S/C11H24N2O2/c1-8(2)10(4)12-11(15)6-13(5)9(3)7-14/h8-10,14H,6-7H2,1-5H3,(H,12,15). The van der Waals surface area contributed by atoms with E-state index in [4.69, 9.17) is 5.11 Å². The zero-order chi connectivity index (χ0) is 12.0. The molecular weight excluding hydrogens is 192 g/mol. The lowest BCUT2D eigenvalue weighted by molar-refractivity contribution is -0.123. The Morgan fingerprint density at radius 2 is 1.87 bits per heavy atom. The molecule has 2 unspecified atom stereocenters. The Kier molecular flexibility index (Phi) is 6.52. The van der Waals surface area contributed by atoms with E-state index in [-0.39, 0.29) is 24.6 Å². The van der Waals surface area contributed by atoms with Gasteiger partial charge < -0.3 is 10.4 Å². The molecule has 0 saturated heterocycles. The van der Waals surface area contributed by atoms with Crippen LogP contribution < -0.4 is 5.32 Å². The highest BCUT2D eigenvalue weighted by molar-refractivity contribution is 5.78. The van der Waals surface area contributed by atoms with Crippen LogP contribution in [0.4, 0.5) is 0 Å². The summed E-state index contributed by atoms with van der Waals surface area (Å²) in [4.78, 5) is 13.4. The second kappa shape index (κ2) is 6.80. The first kappa shape index (κ1) is 14.4. The minimum Gasteiger partial charge on any atom is -0.395 e. The Hall–Kier alpha value is -0.610. The third kappa shape index (κ3) is 5.74. The molecular formula is C11H24N2O2. The van der Waals surface area contributed by atoms with Gasteiger partial charge >= 0.3 is 0 Å². The van der Waals surface area contributed by atoms with Crippen molar-refractivity contribution >= 4 is 5.91 Å². The summed E-state index contributed by atoms with van der Waals surface area (Å²) in [6.07, 6.45) is 0. The van der Waals surface area contributed by atoms with E-state index >= 15 is 0 Å². The predicted molar refractivity (Wildman–Crippen MR) is 61.6 cm³/mol. The summed E-state index contributed by atoms with van der Waals surface area (Å²) in [7, 11) is 1.83. The van der Waals surface area contributed by atoms with E-state index in [2.05, 4.69) is 19.2 Å². The van der Waals surface area contributed by atoms with Crippen LogP contribution in [0.2, 0.25) is 0 Å². The van der Waals surface area contributed by atoms with Crippen molar-refractivity contribution in [2.45, 2.75) is 39.8 Å². The molecule has 0 spiro atoms. The number of aliphatic hydroxyl groups is 1. The third-order valence-electron chi connectivity index (χ3n) is 2.80. The third-order valence-corrected chi connectivity index (χ3v) is 2.80. The van der Waals surface area contributed by atoms with Crippen LogP contribution in [0, 0.1) is 5.92 Å². The van der Waals surface area contributed by atoms with Crippen molar-refractivity contribution in [2.24, 2.45) is 5.92 Å². The van der Waals surface area contributed by atoms with E-state index in [0.29, 0.717) is 12.5 Å². The number of hydrogen-bond acceptors (Lipinski definition) is 3. The van der Waals surface area contributed by atoms with E-state index in [0.717, 1.165) is 0 Å². The number of likely N-dealkylation sites (N-methyl/N-ethyl adjacent to an activating group) is 1. The van der Waals surface area contributed by atoms with Crippen LogP contribution in [0.1, 0.15) is 27.7 Å². The maximum absolute atomic E-state index is 11.6. The second-order valence-corrected chi connectivity index (χ2v) is 4.55. The molecule has 2 N–H and O–H groups in total. The molecule has 0 aromatic rings. The molecule has 4 heteroatoms. The molecule has 0 fully saturated rings. The first-order valence-electron chi connectivity index (χ1n) is 5.49. The van der Waals surface area contributed by atoms with Gasteiger partial charge in [-0.3, -0.25) is 9.69 Å². The second-order valence-electron chi connectivity index (χ2n) is 4.55. The first-order valence-corrected chi connectivity index (χ1v) is 5.49. The average Bonchev–Trinajstić information content (AvgIpc) is 2.15. The van der Waals surface area contributed by atoms with Crippen LogP contribution in [-0.4, -0.2) is 48.2 Å². The molecule has 0 aromatic heterocycles. The topological polar surface area (TPSA) is 52.6 Å². The summed E-state index contributed by atoms with van der Waals surface area (Å²) >= 11 is 0. The Bertz CT molecular complexity index is 195. The summed E-state index contributed by atoms with van der Waals surface area (Å²) in [6.45, 7) is 8.44. The van der Waals surface area contributed by atoms with Crippen molar-refractivity contribution in [3.05, 3.63) is 0 Å². The monoisotopic (exact) mass is 216 g/mol. The van der Waals surface area contributed by atoms with E-state index in [1.807, 2.05) is 25.8 Å². The summed E-state index contributed by atoms with van der Waals surface area (Å²) in [5, 5.41) is 11.8. The summed E-state index contributed by atoms with van der Waals surface area (Å²) in [5.74, 6) is 0.452. The normalized spacial score (nSPS) is 15.5. The molecule has 0 radical (unpaired) electrons. The van der Waals surface area contributed by atoms with Crippen molar-refractivity contribution in [3.8, 4) is 0 Å². The summed E-state index contributed by atoms with van der Waals surface area (Å²) in [6, 6.07) is 0.209. The number of carbonyl (C=O) groups excluding carboxylic acids is 1. The van der Waals surface area contributed by atoms with Crippen LogP contribution in [0.5, 0.6) is 0 Å². The van der Waals surface area contributed by atoms with E-state index < -0.39 is 0 Å². The van der Waals surface area contributed by atoms with Gasteiger partial charge in [0.25, 0.3) is 0 Å². The van der Waals surface area contributed by atoms with Gasteiger partial charge in [0, 0.05) is 12.1 Å². The van der Waals surface area contributed by atoms with Gasteiger partial charge in [0.15, 0.2) is 0 Å². The van der Waals surface area contributed by atoms with Crippen LogP contribution in [-0.2, 0) is 4.79 Å². The largest absolute Gasteiger partial charge is 0.395 e. The van der Waals surface area contributed by atoms with Crippen molar-refractivity contribution in [1.82, 2.24) is 10.2 Å². The maximum Gasteiger partial charge on any atom is 0.234 e. The lowest BCUT2D eigenvalue weighted by atomic mass is 10.1. The van der Waals surface area contributed by atoms with Crippen molar-refractivity contribution in [2.75, 3.05) is 20.2 Å². The molecule has 90 valence electrons. The van der Waals surface area contributed by atoms with Crippen molar-refractivity contribution < 1.29 is 9.90 Å². The molecule has 1 amide bonds. The zero-order valence-electron chi connectivity index (χ0n) is 10.4. The smallest absolute Gasteiger partial charge is 0.234 e. The van der Waals surface area contributed by atoms with E-state index in [1.165, 1.54) is 0 Å². The number of nitrogens with one attached hydrogen (secondary N) is 1. The number of rotatable bonds is 6. The fourth-order valence-electron chi connectivity index (χ4n) is 0.988.